The maximum Gasteiger partial charge on any atom is 0.410 e. The van der Waals surface area contributed by atoms with Crippen LogP contribution in [0.4, 0.5) is 4.79 Å². The molecule has 1 saturated carbocycles. The van der Waals surface area contributed by atoms with Crippen molar-refractivity contribution in [2.75, 3.05) is 33.4 Å². The second-order valence-electron chi connectivity index (χ2n) is 12.1. The molecule has 226 valence electrons. The smallest absolute Gasteiger partial charge is 0.410 e. The van der Waals surface area contributed by atoms with Gasteiger partial charge in [0.15, 0.2) is 6.10 Å². The Labute approximate surface area is 248 Å². The Hall–Kier alpha value is -3.56. The van der Waals surface area contributed by atoms with E-state index < -0.39 is 17.8 Å². The highest BCUT2D eigenvalue weighted by atomic mass is 16.6. The molecule has 9 nitrogen and oxygen atoms in total. The van der Waals surface area contributed by atoms with E-state index >= 15 is 0 Å². The summed E-state index contributed by atoms with van der Waals surface area (Å²) in [6, 6.07) is 16.5. The molecule has 0 radical (unpaired) electrons. The van der Waals surface area contributed by atoms with Crippen LogP contribution in [0.5, 0.6) is 5.75 Å². The molecular weight excluding hydrogens is 534 g/mol. The minimum atomic E-state index is -0.716. The number of hydrogen-bond acceptors (Lipinski definition) is 6. The molecular formula is C33H43N3O6. The number of benzene rings is 2. The third-order valence-corrected chi connectivity index (χ3v) is 7.54. The Bertz CT molecular complexity index is 1360. The number of amides is 2. The standard InChI is InChI=1S/C33H43N3O6/c1-33(2,3)42-32(38)35-16-18-40-30(22-35)31(37)36(26-11-12-26)21-25-20-34(15-8-17-39-4)29-14-13-27(19-28(25)29)41-23-24-9-6-5-7-10-24/h5-7,9-10,13-14,19-20,26,30H,8,11-12,15-18,21-23H2,1-4H3/t30-/m1/s1. The van der Waals surface area contributed by atoms with Gasteiger partial charge in [0.25, 0.3) is 5.91 Å². The number of ether oxygens (including phenoxy) is 4. The monoisotopic (exact) mass is 577 g/mol. The van der Waals surface area contributed by atoms with Gasteiger partial charge in [-0.1, -0.05) is 30.3 Å². The highest BCUT2D eigenvalue weighted by molar-refractivity contribution is 5.87. The summed E-state index contributed by atoms with van der Waals surface area (Å²) in [6.45, 7) is 8.84. The average molecular weight is 578 g/mol. The topological polar surface area (TPSA) is 82.5 Å². The highest BCUT2D eigenvalue weighted by Gasteiger charge is 2.39. The molecule has 42 heavy (non-hydrogen) atoms. The molecule has 1 aromatic heterocycles. The van der Waals surface area contributed by atoms with Gasteiger partial charge in [0.2, 0.25) is 0 Å². The zero-order valence-electron chi connectivity index (χ0n) is 25.2. The van der Waals surface area contributed by atoms with Crippen molar-refractivity contribution in [1.82, 2.24) is 14.4 Å². The van der Waals surface area contributed by atoms with Crippen LogP contribution in [0, 0.1) is 0 Å². The lowest BCUT2D eigenvalue weighted by Crippen LogP contribution is -2.53. The van der Waals surface area contributed by atoms with Crippen LogP contribution in [0.3, 0.4) is 0 Å². The third kappa shape index (κ3) is 7.63. The number of carbonyl (C=O) groups excluding carboxylic acids is 2. The van der Waals surface area contributed by atoms with Gasteiger partial charge in [-0.15, -0.1) is 0 Å². The lowest BCUT2D eigenvalue weighted by Gasteiger charge is -2.35. The molecule has 1 aliphatic carbocycles. The van der Waals surface area contributed by atoms with Gasteiger partial charge < -0.3 is 33.3 Å². The molecule has 0 bridgehead atoms. The van der Waals surface area contributed by atoms with E-state index in [1.807, 2.05) is 62.1 Å². The van der Waals surface area contributed by atoms with Crippen molar-refractivity contribution >= 4 is 22.9 Å². The van der Waals surface area contributed by atoms with Crippen molar-refractivity contribution in [2.45, 2.75) is 77.5 Å². The number of carbonyl (C=O) groups is 2. The van der Waals surface area contributed by atoms with Crippen LogP contribution in [-0.4, -0.2) is 77.5 Å². The fourth-order valence-corrected chi connectivity index (χ4v) is 5.30. The predicted octanol–water partition coefficient (Wildman–Crippen LogP) is 5.38. The lowest BCUT2D eigenvalue weighted by molar-refractivity contribution is -0.150. The molecule has 1 aliphatic heterocycles. The molecule has 2 heterocycles. The molecule has 1 atom stereocenters. The van der Waals surface area contributed by atoms with Gasteiger partial charge in [0.05, 0.1) is 13.2 Å². The summed E-state index contributed by atoms with van der Waals surface area (Å²) in [4.78, 5) is 30.1. The van der Waals surface area contributed by atoms with Crippen LogP contribution >= 0.6 is 0 Å². The number of methoxy groups -OCH3 is 1. The van der Waals surface area contributed by atoms with E-state index in [2.05, 4.69) is 22.9 Å². The van der Waals surface area contributed by atoms with Crippen LogP contribution in [0.1, 0.15) is 51.2 Å². The van der Waals surface area contributed by atoms with Crippen LogP contribution < -0.4 is 4.74 Å². The number of hydrogen-bond donors (Lipinski definition) is 0. The van der Waals surface area contributed by atoms with Gasteiger partial charge in [-0.05, 0) is 69.4 Å². The van der Waals surface area contributed by atoms with Gasteiger partial charge >= 0.3 is 6.09 Å². The molecule has 2 fully saturated rings. The highest BCUT2D eigenvalue weighted by Crippen LogP contribution is 2.33. The molecule has 0 unspecified atom stereocenters. The molecule has 0 N–H and O–H groups in total. The van der Waals surface area contributed by atoms with Crippen molar-refractivity contribution in [3.8, 4) is 5.75 Å². The van der Waals surface area contributed by atoms with Crippen molar-refractivity contribution in [2.24, 2.45) is 0 Å². The Morgan fingerprint density at radius 1 is 1.10 bits per heavy atom. The zero-order valence-corrected chi connectivity index (χ0v) is 25.2. The zero-order chi connectivity index (χ0) is 29.7. The van der Waals surface area contributed by atoms with Gasteiger partial charge in [-0.2, -0.15) is 0 Å². The number of nitrogens with zero attached hydrogens (tertiary/aromatic N) is 3. The SMILES string of the molecule is COCCCn1cc(CN(C(=O)[C@H]2CN(C(=O)OC(C)(C)C)CCO2)C2CC2)c2cc(OCc3ccccc3)ccc21. The fourth-order valence-electron chi connectivity index (χ4n) is 5.30. The molecule has 5 rings (SSSR count). The fraction of sp³-hybridized carbons (Fsp3) is 0.515. The van der Waals surface area contributed by atoms with E-state index in [4.69, 9.17) is 18.9 Å². The molecule has 3 aromatic rings. The van der Waals surface area contributed by atoms with E-state index in [1.165, 1.54) is 0 Å². The van der Waals surface area contributed by atoms with E-state index in [9.17, 15) is 9.59 Å². The predicted molar refractivity (Wildman–Crippen MR) is 160 cm³/mol. The second-order valence-corrected chi connectivity index (χ2v) is 12.1. The third-order valence-electron chi connectivity index (χ3n) is 7.54. The quantitative estimate of drug-likeness (QED) is 0.285. The Morgan fingerprint density at radius 3 is 2.60 bits per heavy atom. The summed E-state index contributed by atoms with van der Waals surface area (Å²) in [5.41, 5.74) is 2.66. The largest absolute Gasteiger partial charge is 0.489 e. The molecule has 1 saturated heterocycles. The van der Waals surface area contributed by atoms with Gasteiger partial charge in [0.1, 0.15) is 18.0 Å². The van der Waals surface area contributed by atoms with Crippen LogP contribution in [-0.2, 0) is 38.7 Å². The minimum absolute atomic E-state index is 0.0810. The first-order chi connectivity index (χ1) is 20.2. The number of fused-ring (bicyclic) bond motifs is 1. The summed E-state index contributed by atoms with van der Waals surface area (Å²) in [7, 11) is 1.71. The summed E-state index contributed by atoms with van der Waals surface area (Å²) in [6.07, 6.45) is 3.83. The molecule has 2 aromatic carbocycles. The van der Waals surface area contributed by atoms with E-state index in [0.29, 0.717) is 32.9 Å². The summed E-state index contributed by atoms with van der Waals surface area (Å²) >= 11 is 0. The maximum absolute atomic E-state index is 13.9. The minimum Gasteiger partial charge on any atom is -0.489 e. The van der Waals surface area contributed by atoms with E-state index in [-0.39, 0.29) is 18.5 Å². The van der Waals surface area contributed by atoms with Gasteiger partial charge in [-0.3, -0.25) is 4.79 Å². The normalized spacial score (nSPS) is 17.3. The van der Waals surface area contributed by atoms with Gasteiger partial charge in [0, 0.05) is 56.5 Å². The lowest BCUT2D eigenvalue weighted by atomic mass is 10.1. The van der Waals surface area contributed by atoms with E-state index in [0.717, 1.165) is 53.6 Å². The number of rotatable bonds is 11. The van der Waals surface area contributed by atoms with Crippen LogP contribution in [0.15, 0.2) is 54.7 Å². The Balaban J connectivity index is 1.36. The van der Waals surface area contributed by atoms with Crippen molar-refractivity contribution in [3.05, 3.63) is 65.9 Å². The first-order valence-electron chi connectivity index (χ1n) is 14.9. The maximum atomic E-state index is 13.9. The molecule has 0 spiro atoms. The first kappa shape index (κ1) is 29.9. The molecule has 9 heteroatoms. The van der Waals surface area contributed by atoms with Gasteiger partial charge in [-0.25, -0.2) is 4.79 Å². The van der Waals surface area contributed by atoms with Crippen molar-refractivity contribution in [1.29, 1.82) is 0 Å². The van der Waals surface area contributed by atoms with Crippen molar-refractivity contribution in [3.63, 3.8) is 0 Å². The first-order valence-corrected chi connectivity index (χ1v) is 14.9. The summed E-state index contributed by atoms with van der Waals surface area (Å²) in [5.74, 6) is 0.706. The number of morpholine rings is 1. The van der Waals surface area contributed by atoms with Crippen LogP contribution in [0.25, 0.3) is 10.9 Å². The molecule has 2 amide bonds. The van der Waals surface area contributed by atoms with Crippen molar-refractivity contribution < 1.29 is 28.5 Å². The molecule has 2 aliphatic rings. The second kappa shape index (κ2) is 13.2. The number of aryl methyl sites for hydroxylation is 1. The Kier molecular flexibility index (Phi) is 9.38. The van der Waals surface area contributed by atoms with Crippen LogP contribution in [0.2, 0.25) is 0 Å². The average Bonchev–Trinajstić information content (AvgIpc) is 3.77. The number of aromatic nitrogens is 1. The van der Waals surface area contributed by atoms with E-state index in [1.54, 1.807) is 12.0 Å². The summed E-state index contributed by atoms with van der Waals surface area (Å²) < 4.78 is 25.2. The summed E-state index contributed by atoms with van der Waals surface area (Å²) in [5, 5.41) is 1.07. The Morgan fingerprint density at radius 2 is 1.88 bits per heavy atom.